The zero-order valence-electron chi connectivity index (χ0n) is 8.87. The monoisotopic (exact) mass is 231 g/mol. The van der Waals surface area contributed by atoms with Crippen LogP contribution in [0.3, 0.4) is 0 Å². The van der Waals surface area contributed by atoms with Crippen LogP contribution in [0.15, 0.2) is 64.5 Å². The van der Waals surface area contributed by atoms with Crippen LogP contribution in [-0.2, 0) is 6.54 Å². The van der Waals surface area contributed by atoms with Gasteiger partial charge >= 0.3 is 0 Å². The first-order valence-electron chi connectivity index (χ1n) is 5.18. The first-order chi connectivity index (χ1) is 7.84. The molecule has 0 fully saturated rings. The number of thioether (sulfide) groups is 1. The van der Waals surface area contributed by atoms with Gasteiger partial charge in [-0.05, 0) is 12.1 Å². The minimum atomic E-state index is 0.0620. The predicted molar refractivity (Wildman–Crippen MR) is 67.9 cm³/mol. The Bertz CT molecular complexity index is 472. The van der Waals surface area contributed by atoms with Crippen molar-refractivity contribution in [1.82, 2.24) is 4.57 Å². The molecule has 1 aromatic heterocycles. The minimum Gasteiger partial charge on any atom is -0.353 e. The van der Waals surface area contributed by atoms with Gasteiger partial charge < -0.3 is 4.57 Å². The lowest BCUT2D eigenvalue weighted by Crippen LogP contribution is -2.05. The van der Waals surface area contributed by atoms with Gasteiger partial charge in [0.25, 0.3) is 0 Å². The number of hydrogen-bond acceptors (Lipinski definition) is 2. The Balaban J connectivity index is 1.84. The molecule has 0 amide bonds. The topological polar surface area (TPSA) is 22.0 Å². The van der Waals surface area contributed by atoms with Crippen molar-refractivity contribution in [2.75, 3.05) is 5.75 Å². The molecule has 0 aliphatic heterocycles. The van der Waals surface area contributed by atoms with Crippen molar-refractivity contribution in [2.45, 2.75) is 11.4 Å². The van der Waals surface area contributed by atoms with E-state index >= 15 is 0 Å². The van der Waals surface area contributed by atoms with Crippen molar-refractivity contribution in [3.05, 3.63) is 65.1 Å². The lowest BCUT2D eigenvalue weighted by Gasteiger charge is -2.05. The van der Waals surface area contributed by atoms with Crippen molar-refractivity contribution in [2.24, 2.45) is 0 Å². The highest BCUT2D eigenvalue weighted by Crippen LogP contribution is 2.16. The molecule has 1 heterocycles. The second-order valence-corrected chi connectivity index (χ2v) is 4.60. The summed E-state index contributed by atoms with van der Waals surface area (Å²) in [5.41, 5.74) is 0.0620. The van der Waals surface area contributed by atoms with Gasteiger partial charge in [0, 0.05) is 41.7 Å². The van der Waals surface area contributed by atoms with Crippen molar-refractivity contribution < 1.29 is 0 Å². The quantitative estimate of drug-likeness (QED) is 0.755. The maximum Gasteiger partial charge on any atom is 0.181 e. The molecule has 3 heteroatoms. The van der Waals surface area contributed by atoms with E-state index in [0.29, 0.717) is 0 Å². The highest BCUT2D eigenvalue weighted by atomic mass is 32.2. The van der Waals surface area contributed by atoms with E-state index in [1.165, 1.54) is 4.90 Å². The van der Waals surface area contributed by atoms with Crippen molar-refractivity contribution in [3.8, 4) is 0 Å². The van der Waals surface area contributed by atoms with Gasteiger partial charge in [0.1, 0.15) is 0 Å². The molecule has 0 aliphatic rings. The smallest absolute Gasteiger partial charge is 0.181 e. The zero-order chi connectivity index (χ0) is 11.2. The number of pyridine rings is 1. The standard InChI is InChI=1S/C13H13NOS/c15-12-6-8-14(9-7-12)10-11-16-13-4-2-1-3-5-13/h1-9H,10-11H2. The zero-order valence-corrected chi connectivity index (χ0v) is 9.69. The van der Waals surface area contributed by atoms with E-state index in [2.05, 4.69) is 12.1 Å². The van der Waals surface area contributed by atoms with Crippen LogP contribution in [-0.4, -0.2) is 10.3 Å². The average molecular weight is 231 g/mol. The second-order valence-electron chi connectivity index (χ2n) is 3.43. The summed E-state index contributed by atoms with van der Waals surface area (Å²) >= 11 is 1.82. The van der Waals surface area contributed by atoms with Crippen molar-refractivity contribution >= 4 is 11.8 Å². The van der Waals surface area contributed by atoms with Gasteiger partial charge in [0.15, 0.2) is 5.43 Å². The van der Waals surface area contributed by atoms with E-state index in [9.17, 15) is 4.79 Å². The number of aromatic nitrogens is 1. The molecule has 2 aromatic rings. The van der Waals surface area contributed by atoms with E-state index in [4.69, 9.17) is 0 Å². The van der Waals surface area contributed by atoms with Crippen LogP contribution in [0.4, 0.5) is 0 Å². The maximum atomic E-state index is 10.9. The van der Waals surface area contributed by atoms with Gasteiger partial charge in [-0.3, -0.25) is 4.79 Å². The predicted octanol–water partition coefficient (Wildman–Crippen LogP) is 2.64. The summed E-state index contributed by atoms with van der Waals surface area (Å²) in [7, 11) is 0. The van der Waals surface area contributed by atoms with E-state index in [1.807, 2.05) is 46.9 Å². The molecule has 0 bridgehead atoms. The fourth-order valence-corrected chi connectivity index (χ4v) is 2.27. The maximum absolute atomic E-state index is 10.9. The Morgan fingerprint density at radius 3 is 2.38 bits per heavy atom. The molecule has 16 heavy (non-hydrogen) atoms. The molecule has 0 saturated carbocycles. The van der Waals surface area contributed by atoms with Crippen LogP contribution in [0.2, 0.25) is 0 Å². The van der Waals surface area contributed by atoms with Crippen LogP contribution < -0.4 is 5.43 Å². The van der Waals surface area contributed by atoms with Gasteiger partial charge in [0.05, 0.1) is 0 Å². The number of benzene rings is 1. The first-order valence-corrected chi connectivity index (χ1v) is 6.17. The molecule has 0 unspecified atom stereocenters. The molecular weight excluding hydrogens is 218 g/mol. The van der Waals surface area contributed by atoms with Gasteiger partial charge in [0.2, 0.25) is 0 Å². The summed E-state index contributed by atoms with van der Waals surface area (Å²) in [5, 5.41) is 0. The van der Waals surface area contributed by atoms with Gasteiger partial charge in [-0.2, -0.15) is 0 Å². The van der Waals surface area contributed by atoms with Gasteiger partial charge in [-0.25, -0.2) is 0 Å². The molecule has 0 radical (unpaired) electrons. The molecular formula is C13H13NOS. The molecule has 0 saturated heterocycles. The molecule has 2 nitrogen and oxygen atoms in total. The van der Waals surface area contributed by atoms with Gasteiger partial charge in [-0.15, -0.1) is 11.8 Å². The third-order valence-electron chi connectivity index (χ3n) is 2.22. The number of aryl methyl sites for hydroxylation is 1. The largest absolute Gasteiger partial charge is 0.353 e. The second kappa shape index (κ2) is 5.56. The normalized spacial score (nSPS) is 10.2. The number of nitrogens with zero attached hydrogens (tertiary/aromatic N) is 1. The van der Waals surface area contributed by atoms with E-state index in [1.54, 1.807) is 12.1 Å². The molecule has 82 valence electrons. The third kappa shape index (κ3) is 3.28. The summed E-state index contributed by atoms with van der Waals surface area (Å²) in [4.78, 5) is 12.2. The molecule has 0 N–H and O–H groups in total. The summed E-state index contributed by atoms with van der Waals surface area (Å²) < 4.78 is 2.03. The van der Waals surface area contributed by atoms with Crippen LogP contribution in [0, 0.1) is 0 Å². The third-order valence-corrected chi connectivity index (χ3v) is 3.21. The molecule has 0 atom stereocenters. The Labute approximate surface area is 98.9 Å². The van der Waals surface area contributed by atoms with E-state index < -0.39 is 0 Å². The Morgan fingerprint density at radius 1 is 1.00 bits per heavy atom. The van der Waals surface area contributed by atoms with Crippen molar-refractivity contribution in [1.29, 1.82) is 0 Å². The first kappa shape index (κ1) is 11.0. The molecule has 0 spiro atoms. The Kier molecular flexibility index (Phi) is 3.83. The van der Waals surface area contributed by atoms with E-state index in [0.717, 1.165) is 12.3 Å². The summed E-state index contributed by atoms with van der Waals surface area (Å²) in [6.07, 6.45) is 3.65. The molecule has 2 rings (SSSR count). The molecule has 1 aromatic carbocycles. The minimum absolute atomic E-state index is 0.0620. The number of rotatable bonds is 4. The summed E-state index contributed by atoms with van der Waals surface area (Å²) in [6, 6.07) is 13.5. The van der Waals surface area contributed by atoms with Crippen molar-refractivity contribution in [3.63, 3.8) is 0 Å². The fourth-order valence-electron chi connectivity index (χ4n) is 1.38. The lowest BCUT2D eigenvalue weighted by molar-refractivity contribution is 0.762. The Morgan fingerprint density at radius 2 is 1.69 bits per heavy atom. The fraction of sp³-hybridized carbons (Fsp3) is 0.154. The van der Waals surface area contributed by atoms with Crippen LogP contribution >= 0.6 is 11.8 Å². The Hall–Kier alpha value is -1.48. The highest BCUT2D eigenvalue weighted by molar-refractivity contribution is 7.99. The summed E-state index contributed by atoms with van der Waals surface area (Å²) in [6.45, 7) is 0.917. The highest BCUT2D eigenvalue weighted by Gasteiger charge is 1.93. The van der Waals surface area contributed by atoms with Gasteiger partial charge in [-0.1, -0.05) is 18.2 Å². The number of hydrogen-bond donors (Lipinski definition) is 0. The SMILES string of the molecule is O=c1ccn(CCSc2ccccc2)cc1. The van der Waals surface area contributed by atoms with Crippen LogP contribution in [0.25, 0.3) is 0 Å². The van der Waals surface area contributed by atoms with Crippen LogP contribution in [0.1, 0.15) is 0 Å². The summed E-state index contributed by atoms with van der Waals surface area (Å²) in [5.74, 6) is 1.01. The van der Waals surface area contributed by atoms with E-state index in [-0.39, 0.29) is 5.43 Å². The lowest BCUT2D eigenvalue weighted by atomic mass is 10.4. The average Bonchev–Trinajstić information content (AvgIpc) is 2.33. The van der Waals surface area contributed by atoms with Crippen LogP contribution in [0.5, 0.6) is 0 Å². The molecule has 0 aliphatic carbocycles.